The molecular formula is C25H21ClFN3O3S. The number of hydrogen-bond acceptors (Lipinski definition) is 5. The largest absolute Gasteiger partial charge is 0.435 e. The molecule has 5 rings (SSSR count). The van der Waals surface area contributed by atoms with E-state index in [1.54, 1.807) is 54.6 Å². The number of para-hydroxylation sites is 1. The van der Waals surface area contributed by atoms with Gasteiger partial charge < -0.3 is 9.32 Å². The van der Waals surface area contributed by atoms with Crippen LogP contribution in [0.15, 0.2) is 88.3 Å². The lowest BCUT2D eigenvalue weighted by Crippen LogP contribution is -2.49. The van der Waals surface area contributed by atoms with Crippen LogP contribution in [0.2, 0.25) is 5.02 Å². The number of sulfonamides is 1. The van der Waals surface area contributed by atoms with Crippen LogP contribution in [-0.4, -0.2) is 43.9 Å². The number of halogens is 2. The van der Waals surface area contributed by atoms with Gasteiger partial charge in [0.1, 0.15) is 5.82 Å². The molecule has 4 aromatic rings. The standard InChI is InChI=1S/C25H21ClFN3O3S/c26-20-12-10-18(11-13-20)23-25(28-24(33-23)19-6-2-1-3-7-19)34(31,32)30-16-14-29(15-17-30)22-9-5-4-8-21(22)27/h1-13H,14-17H2. The maximum atomic E-state index is 14.2. The average molecular weight is 498 g/mol. The zero-order valence-corrected chi connectivity index (χ0v) is 19.6. The Kier molecular flexibility index (Phi) is 6.12. The lowest BCUT2D eigenvalue weighted by molar-refractivity contribution is 0.382. The fourth-order valence-corrected chi connectivity index (χ4v) is 5.58. The molecule has 9 heteroatoms. The van der Waals surface area contributed by atoms with E-state index in [-0.39, 0.29) is 35.6 Å². The van der Waals surface area contributed by atoms with E-state index in [1.807, 2.05) is 23.1 Å². The highest BCUT2D eigenvalue weighted by Crippen LogP contribution is 2.35. The summed E-state index contributed by atoms with van der Waals surface area (Å²) in [5.41, 5.74) is 1.69. The maximum absolute atomic E-state index is 14.2. The van der Waals surface area contributed by atoms with Crippen LogP contribution in [0.4, 0.5) is 10.1 Å². The summed E-state index contributed by atoms with van der Waals surface area (Å²) >= 11 is 6.02. The van der Waals surface area contributed by atoms with E-state index < -0.39 is 10.0 Å². The zero-order valence-electron chi connectivity index (χ0n) is 18.1. The van der Waals surface area contributed by atoms with Crippen molar-refractivity contribution in [3.63, 3.8) is 0 Å². The molecule has 34 heavy (non-hydrogen) atoms. The second-order valence-corrected chi connectivity index (χ2v) is 10.2. The Morgan fingerprint density at radius 1 is 0.824 bits per heavy atom. The molecule has 0 radical (unpaired) electrons. The molecule has 3 aromatic carbocycles. The summed E-state index contributed by atoms with van der Waals surface area (Å²) in [6, 6.07) is 22.4. The second kappa shape index (κ2) is 9.21. The third-order valence-corrected chi connectivity index (χ3v) is 7.80. The highest BCUT2D eigenvalue weighted by molar-refractivity contribution is 7.89. The highest BCUT2D eigenvalue weighted by Gasteiger charge is 2.35. The number of hydrogen-bond donors (Lipinski definition) is 0. The van der Waals surface area contributed by atoms with Gasteiger partial charge in [-0.15, -0.1) is 0 Å². The first-order valence-corrected chi connectivity index (χ1v) is 12.6. The molecule has 0 amide bonds. The van der Waals surface area contributed by atoms with Crippen LogP contribution >= 0.6 is 11.6 Å². The molecule has 1 aromatic heterocycles. The number of rotatable bonds is 5. The minimum atomic E-state index is -3.98. The number of anilines is 1. The fraction of sp³-hybridized carbons (Fsp3) is 0.160. The third-order valence-electron chi connectivity index (χ3n) is 5.74. The van der Waals surface area contributed by atoms with Crippen molar-refractivity contribution in [1.82, 2.24) is 9.29 Å². The minimum absolute atomic E-state index is 0.145. The quantitative estimate of drug-likeness (QED) is 0.374. The first-order chi connectivity index (χ1) is 16.4. The van der Waals surface area contributed by atoms with Crippen molar-refractivity contribution in [2.24, 2.45) is 0 Å². The summed E-state index contributed by atoms with van der Waals surface area (Å²) < 4.78 is 48.9. The predicted molar refractivity (Wildman–Crippen MR) is 130 cm³/mol. The molecule has 0 bridgehead atoms. The van der Waals surface area contributed by atoms with Crippen molar-refractivity contribution in [3.8, 4) is 22.8 Å². The molecule has 0 saturated carbocycles. The van der Waals surface area contributed by atoms with E-state index >= 15 is 0 Å². The van der Waals surface area contributed by atoms with Crippen LogP contribution in [0, 0.1) is 5.82 Å². The summed E-state index contributed by atoms with van der Waals surface area (Å²) in [5.74, 6) is 0.0500. The van der Waals surface area contributed by atoms with Gasteiger partial charge in [0.05, 0.1) is 5.69 Å². The lowest BCUT2D eigenvalue weighted by atomic mass is 10.2. The van der Waals surface area contributed by atoms with E-state index in [2.05, 4.69) is 4.98 Å². The molecule has 0 N–H and O–H groups in total. The average Bonchev–Trinajstić information content (AvgIpc) is 3.32. The zero-order chi connectivity index (χ0) is 23.7. The maximum Gasteiger partial charge on any atom is 0.264 e. The van der Waals surface area contributed by atoms with E-state index in [4.69, 9.17) is 16.0 Å². The van der Waals surface area contributed by atoms with Crippen LogP contribution < -0.4 is 4.90 Å². The monoisotopic (exact) mass is 497 g/mol. The van der Waals surface area contributed by atoms with Gasteiger partial charge in [-0.05, 0) is 48.5 Å². The normalized spacial score (nSPS) is 14.9. The van der Waals surface area contributed by atoms with Crippen LogP contribution in [0.1, 0.15) is 0 Å². The molecule has 1 aliphatic rings. The van der Waals surface area contributed by atoms with E-state index in [9.17, 15) is 12.8 Å². The van der Waals surface area contributed by atoms with Gasteiger partial charge in [0, 0.05) is 42.3 Å². The minimum Gasteiger partial charge on any atom is -0.435 e. The summed E-state index contributed by atoms with van der Waals surface area (Å²) in [7, 11) is -3.98. The van der Waals surface area contributed by atoms with Crippen LogP contribution in [0.3, 0.4) is 0 Å². The second-order valence-electron chi connectivity index (χ2n) is 7.87. The van der Waals surface area contributed by atoms with Crippen LogP contribution in [0.25, 0.3) is 22.8 Å². The van der Waals surface area contributed by atoms with Crippen LogP contribution in [0.5, 0.6) is 0 Å². The predicted octanol–water partition coefficient (Wildman–Crippen LogP) is 5.31. The SMILES string of the molecule is O=S(=O)(c1nc(-c2ccccc2)oc1-c1ccc(Cl)cc1)N1CCN(c2ccccc2F)CC1. The molecule has 1 saturated heterocycles. The van der Waals surface area contributed by atoms with Gasteiger partial charge in [0.2, 0.25) is 10.9 Å². The molecule has 0 unspecified atom stereocenters. The lowest BCUT2D eigenvalue weighted by Gasteiger charge is -2.35. The van der Waals surface area contributed by atoms with Gasteiger partial charge in [0.25, 0.3) is 10.0 Å². The molecule has 1 aliphatic heterocycles. The molecular weight excluding hydrogens is 477 g/mol. The molecule has 0 atom stereocenters. The molecule has 2 heterocycles. The molecule has 0 aliphatic carbocycles. The first-order valence-electron chi connectivity index (χ1n) is 10.8. The van der Waals surface area contributed by atoms with Crippen LogP contribution in [-0.2, 0) is 10.0 Å². The Morgan fingerprint density at radius 3 is 2.15 bits per heavy atom. The number of nitrogens with zero attached hydrogens (tertiary/aromatic N) is 3. The summed E-state index contributed by atoms with van der Waals surface area (Å²) in [5, 5.41) is 0.383. The fourth-order valence-electron chi connectivity index (χ4n) is 3.97. The molecule has 1 fully saturated rings. The Bertz CT molecular complexity index is 1400. The first kappa shape index (κ1) is 22.6. The molecule has 6 nitrogen and oxygen atoms in total. The third kappa shape index (κ3) is 4.32. The Hall–Kier alpha value is -3.20. The molecule has 174 valence electrons. The summed E-state index contributed by atoms with van der Waals surface area (Å²) in [6.07, 6.45) is 0. The Morgan fingerprint density at radius 2 is 1.47 bits per heavy atom. The number of aromatic nitrogens is 1. The highest BCUT2D eigenvalue weighted by atomic mass is 35.5. The van der Waals surface area contributed by atoms with Crippen molar-refractivity contribution >= 4 is 27.3 Å². The Labute approximate surface area is 202 Å². The molecule has 0 spiro atoms. The van der Waals surface area contributed by atoms with Crippen molar-refractivity contribution < 1.29 is 17.2 Å². The van der Waals surface area contributed by atoms with Gasteiger partial charge in [-0.3, -0.25) is 0 Å². The topological polar surface area (TPSA) is 66.7 Å². The Balaban J connectivity index is 1.49. The van der Waals surface area contributed by atoms with Gasteiger partial charge in [0.15, 0.2) is 5.76 Å². The van der Waals surface area contributed by atoms with Gasteiger partial charge in [-0.1, -0.05) is 41.9 Å². The van der Waals surface area contributed by atoms with Gasteiger partial charge in [-0.2, -0.15) is 9.29 Å². The summed E-state index contributed by atoms with van der Waals surface area (Å²) in [6.45, 7) is 1.12. The van der Waals surface area contributed by atoms with Crippen molar-refractivity contribution in [2.75, 3.05) is 31.1 Å². The van der Waals surface area contributed by atoms with E-state index in [1.165, 1.54) is 10.4 Å². The number of benzene rings is 3. The smallest absolute Gasteiger partial charge is 0.264 e. The van der Waals surface area contributed by atoms with Crippen molar-refractivity contribution in [2.45, 2.75) is 5.03 Å². The number of oxazole rings is 1. The van der Waals surface area contributed by atoms with Crippen molar-refractivity contribution in [3.05, 3.63) is 89.7 Å². The van der Waals surface area contributed by atoms with Gasteiger partial charge >= 0.3 is 0 Å². The van der Waals surface area contributed by atoms with E-state index in [0.717, 1.165) is 0 Å². The number of piperazine rings is 1. The van der Waals surface area contributed by atoms with E-state index in [0.29, 0.717) is 34.9 Å². The van der Waals surface area contributed by atoms with Crippen molar-refractivity contribution in [1.29, 1.82) is 0 Å². The summed E-state index contributed by atoms with van der Waals surface area (Å²) in [4.78, 5) is 6.26. The van der Waals surface area contributed by atoms with Gasteiger partial charge in [-0.25, -0.2) is 12.8 Å².